The van der Waals surface area contributed by atoms with Crippen LogP contribution in [0.2, 0.25) is 0 Å². The van der Waals surface area contributed by atoms with E-state index in [9.17, 15) is 4.79 Å². The first-order valence-electron chi connectivity index (χ1n) is 7.66. The lowest BCUT2D eigenvalue weighted by Crippen LogP contribution is -2.43. The van der Waals surface area contributed by atoms with E-state index in [0.29, 0.717) is 11.6 Å². The first kappa shape index (κ1) is 16.1. The molecule has 1 aromatic rings. The van der Waals surface area contributed by atoms with E-state index in [-0.39, 0.29) is 5.91 Å². The van der Waals surface area contributed by atoms with Crippen molar-refractivity contribution in [1.82, 2.24) is 16.0 Å². The number of benzene rings is 1. The number of amides is 1. The highest BCUT2D eigenvalue weighted by atomic mass is 16.1. The van der Waals surface area contributed by atoms with Crippen LogP contribution >= 0.6 is 0 Å². The van der Waals surface area contributed by atoms with Crippen LogP contribution in [0.25, 0.3) is 0 Å². The summed E-state index contributed by atoms with van der Waals surface area (Å²) in [5, 5.41) is 9.36. The number of rotatable bonds is 5. The average Bonchev–Trinajstić information content (AvgIpc) is 3.06. The van der Waals surface area contributed by atoms with Gasteiger partial charge in [-0.3, -0.25) is 9.79 Å². The zero-order valence-corrected chi connectivity index (χ0v) is 13.2. The van der Waals surface area contributed by atoms with E-state index in [2.05, 4.69) is 33.1 Å². The van der Waals surface area contributed by atoms with E-state index in [0.717, 1.165) is 37.3 Å². The highest BCUT2D eigenvalue weighted by Crippen LogP contribution is 2.09. The third-order valence-corrected chi connectivity index (χ3v) is 3.69. The maximum atomic E-state index is 11.6. The molecule has 0 spiro atoms. The van der Waals surface area contributed by atoms with Gasteiger partial charge >= 0.3 is 0 Å². The van der Waals surface area contributed by atoms with Crippen molar-refractivity contribution in [2.75, 3.05) is 20.6 Å². The maximum Gasteiger partial charge on any atom is 0.251 e. The average molecular weight is 300 g/mol. The molecule has 0 fully saturated rings. The van der Waals surface area contributed by atoms with E-state index in [1.54, 1.807) is 14.1 Å². The molecule has 0 saturated heterocycles. The van der Waals surface area contributed by atoms with Crippen molar-refractivity contribution in [2.24, 2.45) is 4.99 Å². The van der Waals surface area contributed by atoms with Crippen molar-refractivity contribution in [3.05, 3.63) is 47.5 Å². The highest BCUT2D eigenvalue weighted by Gasteiger charge is 2.11. The smallest absolute Gasteiger partial charge is 0.251 e. The second-order valence-corrected chi connectivity index (χ2v) is 5.31. The summed E-state index contributed by atoms with van der Waals surface area (Å²) in [7, 11) is 3.42. The van der Waals surface area contributed by atoms with Crippen LogP contribution < -0.4 is 16.0 Å². The molecule has 3 N–H and O–H groups in total. The number of aliphatic imine (C=N–C) groups is 1. The van der Waals surface area contributed by atoms with Gasteiger partial charge in [-0.2, -0.15) is 0 Å². The summed E-state index contributed by atoms with van der Waals surface area (Å²) in [6.07, 6.45) is 7.32. The zero-order valence-electron chi connectivity index (χ0n) is 13.2. The largest absolute Gasteiger partial charge is 0.356 e. The molecule has 0 atom stereocenters. The molecular formula is C17H24N4O. The van der Waals surface area contributed by atoms with Crippen molar-refractivity contribution in [2.45, 2.75) is 25.3 Å². The fourth-order valence-corrected chi connectivity index (χ4v) is 2.46. The van der Waals surface area contributed by atoms with Gasteiger partial charge in [-0.1, -0.05) is 24.3 Å². The molecule has 0 heterocycles. The van der Waals surface area contributed by atoms with Gasteiger partial charge in [0.05, 0.1) is 0 Å². The lowest BCUT2D eigenvalue weighted by Gasteiger charge is -2.17. The normalized spacial score (nSPS) is 14.9. The van der Waals surface area contributed by atoms with Gasteiger partial charge in [-0.15, -0.1) is 0 Å². The van der Waals surface area contributed by atoms with Gasteiger partial charge in [0.1, 0.15) is 0 Å². The predicted octanol–water partition coefficient (Wildman–Crippen LogP) is 1.47. The topological polar surface area (TPSA) is 65.5 Å². The minimum Gasteiger partial charge on any atom is -0.356 e. The van der Waals surface area contributed by atoms with Crippen LogP contribution in [0.3, 0.4) is 0 Å². The summed E-state index contributed by atoms with van der Waals surface area (Å²) in [6.45, 7) is 0.775. The molecule has 1 amide bonds. The molecule has 1 aliphatic carbocycles. The first-order chi connectivity index (χ1) is 10.7. The quantitative estimate of drug-likeness (QED) is 0.438. The minimum atomic E-state index is -0.0546. The molecule has 118 valence electrons. The Kier molecular flexibility index (Phi) is 6.01. The third-order valence-electron chi connectivity index (χ3n) is 3.69. The number of nitrogens with zero attached hydrogens (tertiary/aromatic N) is 1. The maximum absolute atomic E-state index is 11.6. The van der Waals surface area contributed by atoms with Gasteiger partial charge in [0.15, 0.2) is 5.96 Å². The van der Waals surface area contributed by atoms with E-state index in [1.165, 1.54) is 0 Å². The van der Waals surface area contributed by atoms with Gasteiger partial charge in [0.2, 0.25) is 0 Å². The SMILES string of the molecule is CN=C(NCCc1cccc(C(=O)NC)c1)NC1CC=CC1. The Bertz CT molecular complexity index is 558. The van der Waals surface area contributed by atoms with Crippen LogP contribution in [0.4, 0.5) is 0 Å². The Morgan fingerprint density at radius 3 is 2.77 bits per heavy atom. The van der Waals surface area contributed by atoms with E-state index in [4.69, 9.17) is 0 Å². The van der Waals surface area contributed by atoms with Crippen molar-refractivity contribution >= 4 is 11.9 Å². The summed E-state index contributed by atoms with van der Waals surface area (Å²) in [4.78, 5) is 15.9. The zero-order chi connectivity index (χ0) is 15.8. The number of guanidine groups is 1. The Balaban J connectivity index is 1.81. The Morgan fingerprint density at radius 2 is 2.09 bits per heavy atom. The summed E-state index contributed by atoms with van der Waals surface area (Å²) >= 11 is 0. The van der Waals surface area contributed by atoms with Gasteiger partial charge in [-0.05, 0) is 37.0 Å². The van der Waals surface area contributed by atoms with Crippen LogP contribution in [0.1, 0.15) is 28.8 Å². The number of hydrogen-bond donors (Lipinski definition) is 3. The van der Waals surface area contributed by atoms with Crippen molar-refractivity contribution in [3.8, 4) is 0 Å². The molecule has 0 bridgehead atoms. The summed E-state index contributed by atoms with van der Waals surface area (Å²) in [5.41, 5.74) is 1.83. The molecule has 22 heavy (non-hydrogen) atoms. The fourth-order valence-electron chi connectivity index (χ4n) is 2.46. The van der Waals surface area contributed by atoms with Crippen LogP contribution in [0.5, 0.6) is 0 Å². The molecule has 1 aromatic carbocycles. The van der Waals surface area contributed by atoms with E-state index >= 15 is 0 Å². The molecule has 0 radical (unpaired) electrons. The van der Waals surface area contributed by atoms with Crippen LogP contribution in [0.15, 0.2) is 41.4 Å². The Labute approximate surface area is 131 Å². The number of hydrogen-bond acceptors (Lipinski definition) is 2. The third kappa shape index (κ3) is 4.62. The lowest BCUT2D eigenvalue weighted by molar-refractivity contribution is 0.0963. The van der Waals surface area contributed by atoms with Gasteiger partial charge in [0.25, 0.3) is 5.91 Å². The number of carbonyl (C=O) groups is 1. The predicted molar refractivity (Wildman–Crippen MR) is 90.2 cm³/mol. The van der Waals surface area contributed by atoms with Gasteiger partial charge in [0, 0.05) is 32.2 Å². The molecule has 0 unspecified atom stereocenters. The standard InChI is InChI=1S/C17H24N4O/c1-18-16(22)14-7-5-6-13(12-14)10-11-20-17(19-2)21-15-8-3-4-9-15/h3-7,12,15H,8-11H2,1-2H3,(H,18,22)(H2,19,20,21). The second-order valence-electron chi connectivity index (χ2n) is 5.31. The Hall–Kier alpha value is -2.30. The van der Waals surface area contributed by atoms with Crippen LogP contribution in [-0.2, 0) is 6.42 Å². The summed E-state index contributed by atoms with van der Waals surface area (Å²) in [6, 6.07) is 8.14. The van der Waals surface area contributed by atoms with E-state index < -0.39 is 0 Å². The number of nitrogens with one attached hydrogen (secondary N) is 3. The van der Waals surface area contributed by atoms with Crippen molar-refractivity contribution < 1.29 is 4.79 Å². The minimum absolute atomic E-state index is 0.0546. The fraction of sp³-hybridized carbons (Fsp3) is 0.412. The Morgan fingerprint density at radius 1 is 1.32 bits per heavy atom. The molecule has 0 aromatic heterocycles. The van der Waals surface area contributed by atoms with Crippen LogP contribution in [-0.4, -0.2) is 38.5 Å². The molecular weight excluding hydrogens is 276 g/mol. The van der Waals surface area contributed by atoms with Crippen LogP contribution in [0, 0.1) is 0 Å². The lowest BCUT2D eigenvalue weighted by atomic mass is 10.1. The molecule has 5 heteroatoms. The molecule has 0 saturated carbocycles. The summed E-state index contributed by atoms with van der Waals surface area (Å²) in [5.74, 6) is 0.775. The summed E-state index contributed by atoms with van der Waals surface area (Å²) < 4.78 is 0. The van der Waals surface area contributed by atoms with Crippen molar-refractivity contribution in [1.29, 1.82) is 0 Å². The highest BCUT2D eigenvalue weighted by molar-refractivity contribution is 5.94. The second kappa shape index (κ2) is 8.22. The molecule has 2 rings (SSSR count). The molecule has 0 aliphatic heterocycles. The molecule has 1 aliphatic rings. The van der Waals surface area contributed by atoms with Gasteiger partial charge in [-0.25, -0.2) is 0 Å². The number of carbonyl (C=O) groups excluding carboxylic acids is 1. The van der Waals surface area contributed by atoms with E-state index in [1.807, 2.05) is 24.3 Å². The monoisotopic (exact) mass is 300 g/mol. The molecule has 5 nitrogen and oxygen atoms in total. The van der Waals surface area contributed by atoms with Crippen molar-refractivity contribution in [3.63, 3.8) is 0 Å². The van der Waals surface area contributed by atoms with Gasteiger partial charge < -0.3 is 16.0 Å². The first-order valence-corrected chi connectivity index (χ1v) is 7.66.